The lowest BCUT2D eigenvalue weighted by atomic mass is 10.1. The first-order valence-corrected chi connectivity index (χ1v) is 6.74. The van der Waals surface area contributed by atoms with Crippen molar-refractivity contribution in [1.29, 1.82) is 0 Å². The smallest absolute Gasteiger partial charge is 0.228 e. The monoisotopic (exact) mass is 279 g/mol. The van der Waals surface area contributed by atoms with Crippen LogP contribution < -0.4 is 5.32 Å². The summed E-state index contributed by atoms with van der Waals surface area (Å²) in [6.07, 6.45) is 0.229. The molecule has 0 fully saturated rings. The molecule has 0 atom stereocenters. The van der Waals surface area contributed by atoms with Gasteiger partial charge in [0, 0.05) is 5.69 Å². The summed E-state index contributed by atoms with van der Waals surface area (Å²) >= 11 is 0. The fourth-order valence-corrected chi connectivity index (χ4v) is 2.26. The van der Waals surface area contributed by atoms with Gasteiger partial charge in [-0.15, -0.1) is 0 Å². The Balaban J connectivity index is 1.72. The Morgan fingerprint density at radius 1 is 0.905 bits per heavy atom. The van der Waals surface area contributed by atoms with E-state index in [1.54, 1.807) is 12.1 Å². The van der Waals surface area contributed by atoms with Gasteiger partial charge in [-0.05, 0) is 40.6 Å². The van der Waals surface area contributed by atoms with E-state index < -0.39 is 0 Å². The predicted octanol–water partition coefficient (Wildman–Crippen LogP) is 4.16. The highest BCUT2D eigenvalue weighted by Gasteiger charge is 2.05. The molecule has 1 amide bonds. The standard InChI is InChI=1S/C18H14FNO/c19-16-8-5-13(6-9-16)11-18(21)20-17-10-7-14-3-1-2-4-15(14)12-17/h1-10,12H,11H2,(H,20,21). The summed E-state index contributed by atoms with van der Waals surface area (Å²) in [5.41, 5.74) is 1.55. The topological polar surface area (TPSA) is 29.1 Å². The molecule has 3 rings (SSSR count). The normalized spacial score (nSPS) is 10.5. The van der Waals surface area contributed by atoms with Crippen molar-refractivity contribution in [1.82, 2.24) is 0 Å². The van der Waals surface area contributed by atoms with Crippen molar-refractivity contribution in [2.45, 2.75) is 6.42 Å². The zero-order valence-electron chi connectivity index (χ0n) is 11.3. The number of carbonyl (C=O) groups is 1. The molecule has 0 heterocycles. The van der Waals surface area contributed by atoms with E-state index in [1.807, 2.05) is 42.5 Å². The molecule has 1 N–H and O–H groups in total. The number of anilines is 1. The lowest BCUT2D eigenvalue weighted by Gasteiger charge is -2.07. The van der Waals surface area contributed by atoms with Crippen molar-refractivity contribution in [2.24, 2.45) is 0 Å². The van der Waals surface area contributed by atoms with E-state index in [-0.39, 0.29) is 18.1 Å². The van der Waals surface area contributed by atoms with Crippen LogP contribution in [-0.2, 0) is 11.2 Å². The van der Waals surface area contributed by atoms with Crippen LogP contribution in [-0.4, -0.2) is 5.91 Å². The van der Waals surface area contributed by atoms with Gasteiger partial charge in [-0.2, -0.15) is 0 Å². The van der Waals surface area contributed by atoms with Crippen LogP contribution in [0.1, 0.15) is 5.56 Å². The molecule has 0 saturated carbocycles. The summed E-state index contributed by atoms with van der Waals surface area (Å²) in [7, 11) is 0. The molecule has 2 nitrogen and oxygen atoms in total. The summed E-state index contributed by atoms with van der Waals surface area (Å²) in [4.78, 5) is 12.0. The van der Waals surface area contributed by atoms with Gasteiger partial charge < -0.3 is 5.32 Å². The number of nitrogens with one attached hydrogen (secondary N) is 1. The zero-order valence-corrected chi connectivity index (χ0v) is 11.3. The second-order valence-corrected chi connectivity index (χ2v) is 4.91. The number of benzene rings is 3. The third-order valence-corrected chi connectivity index (χ3v) is 3.31. The zero-order chi connectivity index (χ0) is 14.7. The summed E-state index contributed by atoms with van der Waals surface area (Å²) in [6.45, 7) is 0. The molecule has 0 unspecified atom stereocenters. The van der Waals surface area contributed by atoms with E-state index in [0.29, 0.717) is 0 Å². The van der Waals surface area contributed by atoms with Crippen LogP contribution >= 0.6 is 0 Å². The fourth-order valence-electron chi connectivity index (χ4n) is 2.26. The minimum Gasteiger partial charge on any atom is -0.326 e. The Morgan fingerprint density at radius 2 is 1.62 bits per heavy atom. The predicted molar refractivity (Wildman–Crippen MR) is 82.7 cm³/mol. The molecule has 0 aromatic heterocycles. The molecule has 0 radical (unpaired) electrons. The molecule has 3 aromatic rings. The number of rotatable bonds is 3. The molecule has 0 saturated heterocycles. The van der Waals surface area contributed by atoms with Crippen LogP contribution in [0, 0.1) is 5.82 Å². The Hall–Kier alpha value is -2.68. The average Bonchev–Trinajstić information content (AvgIpc) is 2.49. The van der Waals surface area contributed by atoms with Gasteiger partial charge in [-0.3, -0.25) is 4.79 Å². The Bertz CT molecular complexity index is 781. The number of hydrogen-bond donors (Lipinski definition) is 1. The molecule has 0 aliphatic carbocycles. The van der Waals surface area contributed by atoms with Crippen LogP contribution in [0.2, 0.25) is 0 Å². The van der Waals surface area contributed by atoms with E-state index in [2.05, 4.69) is 5.32 Å². The van der Waals surface area contributed by atoms with Crippen molar-refractivity contribution < 1.29 is 9.18 Å². The van der Waals surface area contributed by atoms with Gasteiger partial charge >= 0.3 is 0 Å². The maximum absolute atomic E-state index is 12.8. The van der Waals surface area contributed by atoms with Crippen molar-refractivity contribution >= 4 is 22.4 Å². The van der Waals surface area contributed by atoms with Gasteiger partial charge in [0.1, 0.15) is 5.82 Å². The minimum atomic E-state index is -0.298. The first-order valence-electron chi connectivity index (χ1n) is 6.74. The van der Waals surface area contributed by atoms with Gasteiger partial charge in [0.15, 0.2) is 0 Å². The van der Waals surface area contributed by atoms with E-state index in [4.69, 9.17) is 0 Å². The van der Waals surface area contributed by atoms with Crippen molar-refractivity contribution in [3.63, 3.8) is 0 Å². The molecule has 3 aromatic carbocycles. The van der Waals surface area contributed by atoms with Crippen molar-refractivity contribution in [3.05, 3.63) is 78.1 Å². The SMILES string of the molecule is O=C(Cc1ccc(F)cc1)Nc1ccc2ccccc2c1. The van der Waals surface area contributed by atoms with E-state index >= 15 is 0 Å². The van der Waals surface area contributed by atoms with Gasteiger partial charge in [0.2, 0.25) is 5.91 Å². The lowest BCUT2D eigenvalue weighted by molar-refractivity contribution is -0.115. The second kappa shape index (κ2) is 5.75. The number of fused-ring (bicyclic) bond motifs is 1. The van der Waals surface area contributed by atoms with E-state index in [0.717, 1.165) is 22.0 Å². The molecule has 3 heteroatoms. The van der Waals surface area contributed by atoms with Crippen LogP contribution in [0.25, 0.3) is 10.8 Å². The molecular formula is C18H14FNO. The Kier molecular flexibility index (Phi) is 3.65. The quantitative estimate of drug-likeness (QED) is 0.766. The maximum atomic E-state index is 12.8. The first-order chi connectivity index (χ1) is 10.2. The van der Waals surface area contributed by atoms with E-state index in [1.165, 1.54) is 12.1 Å². The number of carbonyl (C=O) groups excluding carboxylic acids is 1. The van der Waals surface area contributed by atoms with Gasteiger partial charge in [0.05, 0.1) is 6.42 Å². The van der Waals surface area contributed by atoms with Crippen LogP contribution in [0.5, 0.6) is 0 Å². The molecule has 0 spiro atoms. The second-order valence-electron chi connectivity index (χ2n) is 4.91. The summed E-state index contributed by atoms with van der Waals surface area (Å²) in [5.74, 6) is -0.412. The highest BCUT2D eigenvalue weighted by molar-refractivity contribution is 5.95. The van der Waals surface area contributed by atoms with E-state index in [9.17, 15) is 9.18 Å². The number of hydrogen-bond acceptors (Lipinski definition) is 1. The lowest BCUT2D eigenvalue weighted by Crippen LogP contribution is -2.14. The summed E-state index contributed by atoms with van der Waals surface area (Å²) in [6, 6.07) is 19.7. The number of amides is 1. The highest BCUT2D eigenvalue weighted by Crippen LogP contribution is 2.19. The van der Waals surface area contributed by atoms with Gasteiger partial charge in [0.25, 0.3) is 0 Å². The van der Waals surface area contributed by atoms with Crippen molar-refractivity contribution in [2.75, 3.05) is 5.32 Å². The molecule has 21 heavy (non-hydrogen) atoms. The van der Waals surface area contributed by atoms with Crippen LogP contribution in [0.4, 0.5) is 10.1 Å². The molecule has 104 valence electrons. The van der Waals surface area contributed by atoms with Gasteiger partial charge in [-0.1, -0.05) is 42.5 Å². The van der Waals surface area contributed by atoms with Gasteiger partial charge in [-0.25, -0.2) is 4.39 Å². The van der Waals surface area contributed by atoms with Crippen molar-refractivity contribution in [3.8, 4) is 0 Å². The van der Waals surface area contributed by atoms with Crippen LogP contribution in [0.3, 0.4) is 0 Å². The summed E-state index contributed by atoms with van der Waals surface area (Å²) in [5, 5.41) is 5.08. The largest absolute Gasteiger partial charge is 0.326 e. The summed E-state index contributed by atoms with van der Waals surface area (Å²) < 4.78 is 12.8. The average molecular weight is 279 g/mol. The molecular weight excluding hydrogens is 265 g/mol. The maximum Gasteiger partial charge on any atom is 0.228 e. The third kappa shape index (κ3) is 3.26. The highest BCUT2D eigenvalue weighted by atomic mass is 19.1. The Morgan fingerprint density at radius 3 is 2.38 bits per heavy atom. The fraction of sp³-hybridized carbons (Fsp3) is 0.0556. The van der Waals surface area contributed by atoms with Crippen LogP contribution in [0.15, 0.2) is 66.7 Å². The molecule has 0 aliphatic rings. The first kappa shape index (κ1) is 13.3. The minimum absolute atomic E-state index is 0.114. The third-order valence-electron chi connectivity index (χ3n) is 3.31. The Labute approximate surface area is 122 Å². The number of halogens is 1. The molecule has 0 bridgehead atoms. The molecule has 0 aliphatic heterocycles.